The number of carboxylic acid groups (broad SMARTS) is 1. The van der Waals surface area contributed by atoms with Gasteiger partial charge in [0.1, 0.15) is 11.4 Å². The zero-order chi connectivity index (χ0) is 30.0. The Labute approximate surface area is 226 Å². The van der Waals surface area contributed by atoms with E-state index in [1.807, 2.05) is 0 Å². The molecule has 17 nitrogen and oxygen atoms in total. The number of sulfone groups is 1. The molecule has 0 aliphatic rings. The highest BCUT2D eigenvalue weighted by atomic mass is 32.3. The molecular formula is C20H20N4O13S3. The van der Waals surface area contributed by atoms with Gasteiger partial charge < -0.3 is 14.9 Å². The Morgan fingerprint density at radius 3 is 2.17 bits per heavy atom. The van der Waals surface area contributed by atoms with Crippen molar-refractivity contribution in [3.63, 3.8) is 0 Å². The van der Waals surface area contributed by atoms with Gasteiger partial charge in [-0.1, -0.05) is 0 Å². The maximum absolute atomic E-state index is 12.7. The zero-order valence-electron chi connectivity index (χ0n) is 20.4. The minimum Gasteiger partial charge on any atom is -0.494 e. The molecule has 0 aliphatic carbocycles. The number of aromatic nitrogens is 2. The predicted molar refractivity (Wildman–Crippen MR) is 133 cm³/mol. The van der Waals surface area contributed by atoms with E-state index >= 15 is 0 Å². The highest BCUT2D eigenvalue weighted by Crippen LogP contribution is 2.38. The van der Waals surface area contributed by atoms with Gasteiger partial charge in [-0.3, -0.25) is 9.11 Å². The second kappa shape index (κ2) is 11.3. The average Bonchev–Trinajstić information content (AvgIpc) is 3.17. The van der Waals surface area contributed by atoms with Crippen LogP contribution in [0, 0.1) is 6.92 Å². The molecule has 0 atom stereocenters. The van der Waals surface area contributed by atoms with Gasteiger partial charge in [0.15, 0.2) is 15.5 Å². The first-order chi connectivity index (χ1) is 18.4. The van der Waals surface area contributed by atoms with E-state index in [-0.39, 0.29) is 27.6 Å². The van der Waals surface area contributed by atoms with Gasteiger partial charge in [-0.05, 0) is 42.8 Å². The molecular weight excluding hydrogens is 600 g/mol. The number of aromatic carboxylic acids is 1. The maximum atomic E-state index is 12.7. The van der Waals surface area contributed by atoms with Crippen molar-refractivity contribution in [2.45, 2.75) is 16.7 Å². The maximum Gasteiger partial charge on any atom is 0.397 e. The highest BCUT2D eigenvalue weighted by molar-refractivity contribution is 7.91. The molecule has 40 heavy (non-hydrogen) atoms. The van der Waals surface area contributed by atoms with Crippen LogP contribution in [-0.4, -0.2) is 79.8 Å². The summed E-state index contributed by atoms with van der Waals surface area (Å²) in [4.78, 5) is 11.0. The number of nitrogens with zero attached hydrogens (tertiary/aromatic N) is 4. The van der Waals surface area contributed by atoms with Crippen LogP contribution in [-0.2, 0) is 34.5 Å². The molecule has 0 bridgehead atoms. The Morgan fingerprint density at radius 1 is 1.02 bits per heavy atom. The van der Waals surface area contributed by atoms with Crippen LogP contribution in [0.2, 0.25) is 0 Å². The largest absolute Gasteiger partial charge is 0.494 e. The van der Waals surface area contributed by atoms with Gasteiger partial charge in [-0.2, -0.15) is 26.6 Å². The number of ether oxygens (including phenoxy) is 1. The molecule has 3 aromatic rings. The molecule has 4 N–H and O–H groups in total. The Bertz CT molecular complexity index is 1810. The second-order valence-electron chi connectivity index (χ2n) is 7.76. The summed E-state index contributed by atoms with van der Waals surface area (Å²) in [7, 11) is -12.3. The zero-order valence-corrected chi connectivity index (χ0v) is 22.8. The normalized spacial score (nSPS) is 12.6. The van der Waals surface area contributed by atoms with Gasteiger partial charge in [0.2, 0.25) is 11.6 Å². The summed E-state index contributed by atoms with van der Waals surface area (Å²) in [6.45, 7) is 0.521. The lowest BCUT2D eigenvalue weighted by Gasteiger charge is -2.11. The van der Waals surface area contributed by atoms with Crippen molar-refractivity contribution < 1.29 is 58.3 Å². The molecule has 2 aromatic carbocycles. The van der Waals surface area contributed by atoms with Crippen LogP contribution in [0.1, 0.15) is 16.1 Å². The van der Waals surface area contributed by atoms with Gasteiger partial charge in [-0.25, -0.2) is 17.4 Å². The summed E-state index contributed by atoms with van der Waals surface area (Å²) in [5, 5.41) is 31.5. The van der Waals surface area contributed by atoms with E-state index in [2.05, 4.69) is 19.5 Å². The van der Waals surface area contributed by atoms with Gasteiger partial charge in [0.05, 0.1) is 34.9 Å². The molecule has 1 heterocycles. The van der Waals surface area contributed by atoms with Crippen molar-refractivity contribution >= 4 is 47.7 Å². The molecule has 0 aliphatic heterocycles. The number of carbonyl (C=O) groups is 1. The SMILES string of the molecule is COc1cc(S(=O)(=O)CCOS(=O)(=O)O)c(C)cc1/N=N/c1c(C(=O)O)nn(-c2ccc(S(=O)(=O)O)cc2)c1O. The third-order valence-electron chi connectivity index (χ3n) is 5.07. The second-order valence-corrected chi connectivity index (χ2v) is 12.4. The molecule has 0 saturated carbocycles. The van der Waals surface area contributed by atoms with Crippen molar-refractivity contribution in [1.82, 2.24) is 9.78 Å². The number of aromatic hydroxyl groups is 1. The predicted octanol–water partition coefficient (Wildman–Crippen LogP) is 1.85. The average molecular weight is 621 g/mol. The van der Waals surface area contributed by atoms with Crippen molar-refractivity contribution in [2.75, 3.05) is 19.5 Å². The molecule has 3 rings (SSSR count). The lowest BCUT2D eigenvalue weighted by atomic mass is 10.2. The van der Waals surface area contributed by atoms with Gasteiger partial charge >= 0.3 is 16.4 Å². The third kappa shape index (κ3) is 6.97. The summed E-state index contributed by atoms with van der Waals surface area (Å²) in [5.74, 6) is -3.35. The molecule has 1 aromatic heterocycles. The Hall–Kier alpha value is -3.95. The van der Waals surface area contributed by atoms with E-state index in [0.717, 1.165) is 35.0 Å². The molecule has 0 radical (unpaired) electrons. The Kier molecular flexibility index (Phi) is 8.62. The number of rotatable bonds is 11. The fourth-order valence-electron chi connectivity index (χ4n) is 3.27. The van der Waals surface area contributed by atoms with E-state index in [0.29, 0.717) is 0 Å². The van der Waals surface area contributed by atoms with Crippen LogP contribution in [0.5, 0.6) is 11.6 Å². The minimum atomic E-state index is -4.85. The van der Waals surface area contributed by atoms with Crippen molar-refractivity contribution in [3.05, 3.63) is 47.7 Å². The van der Waals surface area contributed by atoms with Crippen LogP contribution < -0.4 is 4.74 Å². The van der Waals surface area contributed by atoms with E-state index in [1.165, 1.54) is 20.1 Å². The lowest BCUT2D eigenvalue weighted by Crippen LogP contribution is -2.16. The molecule has 0 spiro atoms. The number of carboxylic acids is 1. The van der Waals surface area contributed by atoms with Crippen molar-refractivity contribution in [2.24, 2.45) is 10.2 Å². The Balaban J connectivity index is 2.01. The number of aryl methyl sites for hydroxylation is 1. The number of azo groups is 1. The first-order valence-electron chi connectivity index (χ1n) is 10.5. The van der Waals surface area contributed by atoms with Gasteiger partial charge in [0, 0.05) is 6.07 Å². The molecule has 0 saturated heterocycles. The summed E-state index contributed by atoms with van der Waals surface area (Å²) < 4.78 is 96.8. The summed E-state index contributed by atoms with van der Waals surface area (Å²) >= 11 is 0. The van der Waals surface area contributed by atoms with Crippen LogP contribution in [0.25, 0.3) is 5.69 Å². The first-order valence-corrected chi connectivity index (χ1v) is 15.0. The van der Waals surface area contributed by atoms with Crippen molar-refractivity contribution in [3.8, 4) is 17.3 Å². The molecule has 0 fully saturated rings. The number of hydrogen-bond donors (Lipinski definition) is 4. The van der Waals surface area contributed by atoms with Crippen LogP contribution >= 0.6 is 0 Å². The van der Waals surface area contributed by atoms with Gasteiger partial charge in [0.25, 0.3) is 10.1 Å². The van der Waals surface area contributed by atoms with Crippen LogP contribution in [0.4, 0.5) is 11.4 Å². The molecule has 0 amide bonds. The smallest absolute Gasteiger partial charge is 0.397 e. The van der Waals surface area contributed by atoms with Crippen molar-refractivity contribution in [1.29, 1.82) is 0 Å². The lowest BCUT2D eigenvalue weighted by molar-refractivity contribution is 0.0690. The van der Waals surface area contributed by atoms with E-state index in [4.69, 9.17) is 13.8 Å². The van der Waals surface area contributed by atoms with Gasteiger partial charge in [-0.15, -0.1) is 10.2 Å². The molecule has 20 heteroatoms. The summed E-state index contributed by atoms with van der Waals surface area (Å²) in [6.07, 6.45) is 0. The summed E-state index contributed by atoms with van der Waals surface area (Å²) in [6, 6.07) is 6.53. The molecule has 0 unspecified atom stereocenters. The van der Waals surface area contributed by atoms with E-state index < -0.39 is 70.8 Å². The Morgan fingerprint density at radius 2 is 1.65 bits per heavy atom. The number of methoxy groups -OCH3 is 1. The first kappa shape index (κ1) is 30.6. The highest BCUT2D eigenvalue weighted by Gasteiger charge is 2.25. The monoisotopic (exact) mass is 620 g/mol. The third-order valence-corrected chi connectivity index (χ3v) is 8.22. The fourth-order valence-corrected chi connectivity index (χ4v) is 5.51. The number of hydrogen-bond acceptors (Lipinski definition) is 13. The van der Waals surface area contributed by atoms with E-state index in [1.54, 1.807) is 0 Å². The van der Waals surface area contributed by atoms with E-state index in [9.17, 15) is 40.3 Å². The van der Waals surface area contributed by atoms with Crippen LogP contribution in [0.3, 0.4) is 0 Å². The van der Waals surface area contributed by atoms with Crippen LogP contribution in [0.15, 0.2) is 56.4 Å². The topological polar surface area (TPSA) is 261 Å². The molecule has 216 valence electrons. The minimum absolute atomic E-state index is 0.00909. The standard InChI is InChI=1S/C20H20N4O13S3/c1-11-9-14(15(36-2)10-16(11)38(28,29)8-7-37-40(33,34)35)21-22-17-18(20(26)27)23-24(19(17)25)12-3-5-13(6-4-12)39(30,31)32/h3-6,9-10,25H,7-8H2,1-2H3,(H,26,27)(H,30,31,32)(H,33,34,35)/b22-21+. The fraction of sp³-hybridized carbons (Fsp3) is 0.200. The summed E-state index contributed by atoms with van der Waals surface area (Å²) in [5.41, 5.74) is -1.32. The number of benzene rings is 2. The quantitative estimate of drug-likeness (QED) is 0.176.